The van der Waals surface area contributed by atoms with Crippen molar-refractivity contribution in [2.75, 3.05) is 10.8 Å². The molecule has 0 aromatic heterocycles. The summed E-state index contributed by atoms with van der Waals surface area (Å²) in [6.45, 7) is 7.31. The molecule has 0 aliphatic heterocycles. The third kappa shape index (κ3) is 3.88. The van der Waals surface area contributed by atoms with Crippen molar-refractivity contribution in [1.29, 1.82) is 0 Å². The Bertz CT molecular complexity index is 890. The Hall–Kier alpha value is -2.67. The number of anilines is 1. The second-order valence-corrected chi connectivity index (χ2v) is 7.38. The minimum absolute atomic E-state index is 0.0654. The average molecular weight is 360 g/mol. The monoisotopic (exact) mass is 360 g/mol. The van der Waals surface area contributed by atoms with Gasteiger partial charge < -0.3 is 0 Å². The maximum atomic E-state index is 13.1. The number of aryl methyl sites for hydroxylation is 2. The van der Waals surface area contributed by atoms with E-state index in [0.29, 0.717) is 11.3 Å². The van der Waals surface area contributed by atoms with Gasteiger partial charge in [-0.3, -0.25) is 14.4 Å². The first-order valence-corrected chi connectivity index (χ1v) is 9.23. The van der Waals surface area contributed by atoms with E-state index in [-0.39, 0.29) is 17.1 Å². The Labute approximate surface area is 147 Å². The van der Waals surface area contributed by atoms with Crippen LogP contribution in [0.5, 0.6) is 0 Å². The van der Waals surface area contributed by atoms with E-state index in [2.05, 4.69) is 6.58 Å². The van der Waals surface area contributed by atoms with Crippen LogP contribution in [0.3, 0.4) is 0 Å². The smallest absolute Gasteiger partial charge is 0.263 e. The van der Waals surface area contributed by atoms with Crippen LogP contribution in [0.2, 0.25) is 0 Å². The number of rotatable bonds is 7. The van der Waals surface area contributed by atoms with Crippen molar-refractivity contribution in [3.05, 3.63) is 76.4 Å². The first-order chi connectivity index (χ1) is 11.8. The topological polar surface area (TPSA) is 80.5 Å². The van der Waals surface area contributed by atoms with Crippen LogP contribution in [-0.4, -0.2) is 19.9 Å². The number of nitrogens with zero attached hydrogens (tertiary/aromatic N) is 2. The minimum Gasteiger partial charge on any atom is -0.263 e. The molecule has 0 spiro atoms. The van der Waals surface area contributed by atoms with E-state index in [0.717, 1.165) is 18.1 Å². The van der Waals surface area contributed by atoms with Crippen molar-refractivity contribution in [2.45, 2.75) is 25.2 Å². The van der Waals surface area contributed by atoms with E-state index >= 15 is 0 Å². The normalized spacial score (nSPS) is 11.1. The molecule has 0 bridgehead atoms. The Kier molecular flexibility index (Phi) is 5.58. The van der Waals surface area contributed by atoms with Gasteiger partial charge in [-0.05, 0) is 36.6 Å². The number of nitro benzene ring substituents is 1. The minimum atomic E-state index is -3.96. The zero-order valence-electron chi connectivity index (χ0n) is 14.2. The Morgan fingerprint density at radius 1 is 1.20 bits per heavy atom. The molecule has 132 valence electrons. The van der Waals surface area contributed by atoms with Crippen LogP contribution < -0.4 is 4.31 Å². The predicted octanol–water partition coefficient (Wildman–Crippen LogP) is 3.85. The summed E-state index contributed by atoms with van der Waals surface area (Å²) in [5.41, 5.74) is 1.77. The van der Waals surface area contributed by atoms with Crippen LogP contribution in [0.1, 0.15) is 18.1 Å². The molecular weight excluding hydrogens is 340 g/mol. The summed E-state index contributed by atoms with van der Waals surface area (Å²) in [5.74, 6) is 0. The van der Waals surface area contributed by atoms with Crippen LogP contribution in [0, 0.1) is 17.0 Å². The summed E-state index contributed by atoms with van der Waals surface area (Å²) < 4.78 is 27.5. The number of sulfonamides is 1. The van der Waals surface area contributed by atoms with Crippen molar-refractivity contribution in [3.63, 3.8) is 0 Å². The van der Waals surface area contributed by atoms with Crippen LogP contribution in [0.15, 0.2) is 60.0 Å². The Balaban J connectivity index is 2.57. The van der Waals surface area contributed by atoms with Gasteiger partial charge in [-0.15, -0.1) is 6.58 Å². The van der Waals surface area contributed by atoms with Gasteiger partial charge in [0.25, 0.3) is 15.7 Å². The fourth-order valence-corrected chi connectivity index (χ4v) is 4.14. The number of benzene rings is 2. The number of hydrogen-bond acceptors (Lipinski definition) is 4. The summed E-state index contributed by atoms with van der Waals surface area (Å²) in [5, 5.41) is 11.0. The van der Waals surface area contributed by atoms with Gasteiger partial charge in [0.1, 0.15) is 0 Å². The lowest BCUT2D eigenvalue weighted by Crippen LogP contribution is -2.31. The van der Waals surface area contributed by atoms with Crippen molar-refractivity contribution >= 4 is 21.4 Å². The van der Waals surface area contributed by atoms with Crippen LogP contribution in [0.25, 0.3) is 0 Å². The van der Waals surface area contributed by atoms with Crippen molar-refractivity contribution in [1.82, 2.24) is 0 Å². The van der Waals surface area contributed by atoms with E-state index in [1.165, 1.54) is 22.5 Å². The van der Waals surface area contributed by atoms with Gasteiger partial charge in [0.15, 0.2) is 0 Å². The van der Waals surface area contributed by atoms with Gasteiger partial charge in [-0.1, -0.05) is 31.2 Å². The van der Waals surface area contributed by atoms with Crippen molar-refractivity contribution in [2.24, 2.45) is 0 Å². The molecule has 0 N–H and O–H groups in total. The lowest BCUT2D eigenvalue weighted by atomic mass is 10.1. The maximum absolute atomic E-state index is 13.1. The first-order valence-electron chi connectivity index (χ1n) is 7.79. The molecule has 0 amide bonds. The Morgan fingerprint density at radius 2 is 1.84 bits per heavy atom. The summed E-state index contributed by atoms with van der Waals surface area (Å²) in [7, 11) is -3.96. The van der Waals surface area contributed by atoms with E-state index in [1.54, 1.807) is 19.1 Å². The molecule has 0 fully saturated rings. The van der Waals surface area contributed by atoms with Gasteiger partial charge in [-0.25, -0.2) is 8.42 Å². The molecule has 0 unspecified atom stereocenters. The molecule has 2 rings (SSSR count). The molecule has 0 saturated heterocycles. The number of non-ortho nitro benzene ring substituents is 1. The van der Waals surface area contributed by atoms with Gasteiger partial charge >= 0.3 is 0 Å². The molecule has 0 atom stereocenters. The molecule has 25 heavy (non-hydrogen) atoms. The molecule has 6 nitrogen and oxygen atoms in total. The van der Waals surface area contributed by atoms with Crippen LogP contribution >= 0.6 is 0 Å². The molecule has 0 aliphatic rings. The molecule has 0 heterocycles. The van der Waals surface area contributed by atoms with Crippen LogP contribution in [0.4, 0.5) is 11.4 Å². The van der Waals surface area contributed by atoms with Crippen LogP contribution in [-0.2, 0) is 16.4 Å². The highest BCUT2D eigenvalue weighted by molar-refractivity contribution is 7.92. The summed E-state index contributed by atoms with van der Waals surface area (Å²) in [4.78, 5) is 10.3. The van der Waals surface area contributed by atoms with Gasteiger partial charge in [0.2, 0.25) is 0 Å². The predicted molar refractivity (Wildman–Crippen MR) is 98.4 cm³/mol. The quantitative estimate of drug-likeness (QED) is 0.427. The van der Waals surface area contributed by atoms with Gasteiger partial charge in [0.05, 0.1) is 22.1 Å². The SMILES string of the molecule is C=CCN(c1ccc(CC)cc1)S(=O)(=O)c1cc([N+](=O)[O-])ccc1C. The summed E-state index contributed by atoms with van der Waals surface area (Å²) in [6, 6.07) is 11.0. The Morgan fingerprint density at radius 3 is 2.36 bits per heavy atom. The average Bonchev–Trinajstić information content (AvgIpc) is 2.59. The highest BCUT2D eigenvalue weighted by Crippen LogP contribution is 2.28. The second kappa shape index (κ2) is 7.48. The zero-order valence-corrected chi connectivity index (χ0v) is 15.0. The largest absolute Gasteiger partial charge is 0.270 e. The fraction of sp³-hybridized carbons (Fsp3) is 0.222. The highest BCUT2D eigenvalue weighted by Gasteiger charge is 2.27. The number of nitro groups is 1. The van der Waals surface area contributed by atoms with E-state index in [9.17, 15) is 18.5 Å². The van der Waals surface area contributed by atoms with Crippen molar-refractivity contribution < 1.29 is 13.3 Å². The maximum Gasteiger partial charge on any atom is 0.270 e. The van der Waals surface area contributed by atoms with E-state index < -0.39 is 14.9 Å². The number of hydrogen-bond donors (Lipinski definition) is 0. The molecule has 0 saturated carbocycles. The zero-order chi connectivity index (χ0) is 18.6. The van der Waals surface area contributed by atoms with Crippen molar-refractivity contribution in [3.8, 4) is 0 Å². The molecule has 7 heteroatoms. The lowest BCUT2D eigenvalue weighted by molar-refractivity contribution is -0.385. The third-order valence-corrected chi connectivity index (χ3v) is 5.81. The first kappa shape index (κ1) is 18.7. The highest BCUT2D eigenvalue weighted by atomic mass is 32.2. The second-order valence-electron chi connectivity index (χ2n) is 5.55. The fourth-order valence-electron chi connectivity index (χ4n) is 2.46. The lowest BCUT2D eigenvalue weighted by Gasteiger charge is -2.24. The van der Waals surface area contributed by atoms with E-state index in [4.69, 9.17) is 0 Å². The molecular formula is C18H20N2O4S. The third-order valence-electron chi connectivity index (χ3n) is 3.88. The van der Waals surface area contributed by atoms with E-state index in [1.807, 2.05) is 19.1 Å². The standard InChI is InChI=1S/C18H20N2O4S/c1-4-12-19(16-10-7-15(5-2)8-11-16)25(23,24)18-13-17(20(21)22)9-6-14(18)3/h4,6-11,13H,1,5,12H2,2-3H3. The summed E-state index contributed by atoms with van der Waals surface area (Å²) in [6.07, 6.45) is 2.33. The molecule has 2 aromatic rings. The molecule has 2 aromatic carbocycles. The summed E-state index contributed by atoms with van der Waals surface area (Å²) >= 11 is 0. The van der Waals surface area contributed by atoms with Gasteiger partial charge in [-0.2, -0.15) is 0 Å². The van der Waals surface area contributed by atoms with Gasteiger partial charge in [0, 0.05) is 12.1 Å². The molecule has 0 radical (unpaired) electrons. The molecule has 0 aliphatic carbocycles.